The minimum Gasteiger partial charge on any atom is -0.434 e. The van der Waals surface area contributed by atoms with Crippen molar-refractivity contribution in [1.29, 1.82) is 0 Å². The molecule has 0 spiro atoms. The Kier molecular flexibility index (Phi) is 3.92. The van der Waals surface area contributed by atoms with Gasteiger partial charge in [0.25, 0.3) is 0 Å². The number of ether oxygens (including phenoxy) is 2. The van der Waals surface area contributed by atoms with Crippen molar-refractivity contribution < 1.29 is 14.3 Å². The molecule has 1 aromatic rings. The van der Waals surface area contributed by atoms with Gasteiger partial charge >= 0.3 is 5.97 Å². The number of nitrogens with zero attached hydrogens (tertiary/aromatic N) is 1. The van der Waals surface area contributed by atoms with E-state index >= 15 is 0 Å². The summed E-state index contributed by atoms with van der Waals surface area (Å²) in [6, 6.07) is 10.00. The predicted molar refractivity (Wildman–Crippen MR) is 72.3 cm³/mol. The van der Waals surface area contributed by atoms with Crippen LogP contribution in [0.1, 0.15) is 39.5 Å². The summed E-state index contributed by atoms with van der Waals surface area (Å²) in [5, 5.41) is 0. The standard InChI is InChI=1S/C15H21NO3/c1-11(17)18-13-10-16(15(2,3)4)14(19-13)12-8-6-5-7-9-12/h5-9,13-14H,10H2,1-4H3/t13?,14-/m0/s1. The minimum absolute atomic E-state index is 0.0601. The van der Waals surface area contributed by atoms with Gasteiger partial charge in [0.15, 0.2) is 0 Å². The Bertz CT molecular complexity index is 438. The highest BCUT2D eigenvalue weighted by atomic mass is 16.7. The molecule has 1 heterocycles. The van der Waals surface area contributed by atoms with Crippen molar-refractivity contribution in [2.45, 2.75) is 45.8 Å². The van der Waals surface area contributed by atoms with Gasteiger partial charge in [-0.25, -0.2) is 0 Å². The molecule has 1 unspecified atom stereocenters. The maximum absolute atomic E-state index is 11.1. The fourth-order valence-corrected chi connectivity index (χ4v) is 2.27. The zero-order valence-corrected chi connectivity index (χ0v) is 11.9. The van der Waals surface area contributed by atoms with Crippen molar-refractivity contribution in [3.8, 4) is 0 Å². The Balaban J connectivity index is 2.22. The lowest BCUT2D eigenvalue weighted by atomic mass is 10.0. The van der Waals surface area contributed by atoms with Gasteiger partial charge in [-0.1, -0.05) is 30.3 Å². The normalized spacial score (nSPS) is 24.4. The summed E-state index contributed by atoms with van der Waals surface area (Å²) in [6.45, 7) is 8.37. The fourth-order valence-electron chi connectivity index (χ4n) is 2.27. The first-order valence-electron chi connectivity index (χ1n) is 6.52. The number of carbonyl (C=O) groups is 1. The number of rotatable bonds is 2. The molecule has 1 aliphatic rings. The molecule has 0 aliphatic carbocycles. The van der Waals surface area contributed by atoms with Crippen molar-refractivity contribution in [2.75, 3.05) is 6.54 Å². The molecule has 0 N–H and O–H groups in total. The van der Waals surface area contributed by atoms with Crippen LogP contribution in [0.3, 0.4) is 0 Å². The molecule has 1 saturated heterocycles. The highest BCUT2D eigenvalue weighted by Gasteiger charge is 2.41. The minimum atomic E-state index is -0.498. The third-order valence-corrected chi connectivity index (χ3v) is 3.15. The SMILES string of the molecule is CC(=O)OC1CN(C(C)(C)C)[C@H](c2ccccc2)O1. The van der Waals surface area contributed by atoms with Gasteiger partial charge in [0.05, 0.1) is 6.54 Å². The molecule has 0 amide bonds. The van der Waals surface area contributed by atoms with E-state index in [1.807, 2.05) is 30.3 Å². The van der Waals surface area contributed by atoms with E-state index in [0.717, 1.165) is 5.56 Å². The van der Waals surface area contributed by atoms with Crippen LogP contribution in [0.4, 0.5) is 0 Å². The molecule has 0 saturated carbocycles. The van der Waals surface area contributed by atoms with Crippen molar-refractivity contribution in [3.63, 3.8) is 0 Å². The molecule has 1 aliphatic heterocycles. The molecule has 0 bridgehead atoms. The maximum atomic E-state index is 11.1. The zero-order valence-electron chi connectivity index (χ0n) is 11.9. The van der Waals surface area contributed by atoms with Gasteiger partial charge in [0.1, 0.15) is 6.23 Å². The second kappa shape index (κ2) is 5.31. The first-order chi connectivity index (χ1) is 8.88. The monoisotopic (exact) mass is 263 g/mol. The lowest BCUT2D eigenvalue weighted by Gasteiger charge is -2.35. The number of esters is 1. The summed E-state index contributed by atoms with van der Waals surface area (Å²) in [7, 11) is 0. The van der Waals surface area contributed by atoms with Crippen LogP contribution < -0.4 is 0 Å². The average Bonchev–Trinajstić information content (AvgIpc) is 2.73. The fraction of sp³-hybridized carbons (Fsp3) is 0.533. The van der Waals surface area contributed by atoms with Crippen LogP contribution in [0.15, 0.2) is 30.3 Å². The van der Waals surface area contributed by atoms with E-state index < -0.39 is 6.29 Å². The molecule has 4 heteroatoms. The van der Waals surface area contributed by atoms with Crippen molar-refractivity contribution in [2.24, 2.45) is 0 Å². The van der Waals surface area contributed by atoms with E-state index in [-0.39, 0.29) is 17.7 Å². The Morgan fingerprint density at radius 1 is 1.32 bits per heavy atom. The maximum Gasteiger partial charge on any atom is 0.304 e. The summed E-state index contributed by atoms with van der Waals surface area (Å²) >= 11 is 0. The number of hydrogen-bond donors (Lipinski definition) is 0. The van der Waals surface area contributed by atoms with Gasteiger partial charge in [-0.05, 0) is 26.3 Å². The summed E-state index contributed by atoms with van der Waals surface area (Å²) in [5.41, 5.74) is 1.02. The van der Waals surface area contributed by atoms with Gasteiger partial charge < -0.3 is 9.47 Å². The topological polar surface area (TPSA) is 38.8 Å². The first-order valence-corrected chi connectivity index (χ1v) is 6.52. The summed E-state index contributed by atoms with van der Waals surface area (Å²) in [4.78, 5) is 13.3. The zero-order chi connectivity index (χ0) is 14.0. The smallest absolute Gasteiger partial charge is 0.304 e. The highest BCUT2D eigenvalue weighted by Crippen LogP contribution is 2.36. The Hall–Kier alpha value is -1.39. The molecule has 104 valence electrons. The molecular formula is C15H21NO3. The second-order valence-corrected chi connectivity index (χ2v) is 5.76. The molecule has 1 fully saturated rings. The van der Waals surface area contributed by atoms with E-state index in [0.29, 0.717) is 6.54 Å². The van der Waals surface area contributed by atoms with E-state index in [1.54, 1.807) is 0 Å². The highest BCUT2D eigenvalue weighted by molar-refractivity contribution is 5.66. The molecule has 2 atom stereocenters. The quantitative estimate of drug-likeness (QED) is 0.769. The Morgan fingerprint density at radius 2 is 1.95 bits per heavy atom. The summed E-state index contributed by atoms with van der Waals surface area (Å²) in [5.74, 6) is -0.312. The summed E-state index contributed by atoms with van der Waals surface area (Å²) in [6.07, 6.45) is -0.674. The Labute approximate surface area is 114 Å². The molecule has 4 nitrogen and oxygen atoms in total. The Morgan fingerprint density at radius 3 is 2.47 bits per heavy atom. The molecule has 0 aromatic heterocycles. The van der Waals surface area contributed by atoms with Crippen molar-refractivity contribution in [3.05, 3.63) is 35.9 Å². The third-order valence-electron chi connectivity index (χ3n) is 3.15. The average molecular weight is 263 g/mol. The van der Waals surface area contributed by atoms with Gasteiger partial charge in [-0.15, -0.1) is 0 Å². The first kappa shape index (κ1) is 14.0. The van der Waals surface area contributed by atoms with Crippen molar-refractivity contribution in [1.82, 2.24) is 4.90 Å². The lowest BCUT2D eigenvalue weighted by molar-refractivity contribution is -0.173. The van der Waals surface area contributed by atoms with Gasteiger partial charge in [-0.3, -0.25) is 9.69 Å². The van der Waals surface area contributed by atoms with E-state index in [4.69, 9.17) is 9.47 Å². The van der Waals surface area contributed by atoms with Crippen LogP contribution in [-0.2, 0) is 14.3 Å². The lowest BCUT2D eigenvalue weighted by Crippen LogP contribution is -2.41. The number of benzene rings is 1. The van der Waals surface area contributed by atoms with Crippen LogP contribution in [-0.4, -0.2) is 29.2 Å². The van der Waals surface area contributed by atoms with Gasteiger partial charge in [-0.2, -0.15) is 0 Å². The van der Waals surface area contributed by atoms with Crippen molar-refractivity contribution >= 4 is 5.97 Å². The van der Waals surface area contributed by atoms with E-state index in [1.165, 1.54) is 6.92 Å². The molecule has 19 heavy (non-hydrogen) atoms. The van der Waals surface area contributed by atoms with E-state index in [9.17, 15) is 4.79 Å². The van der Waals surface area contributed by atoms with Crippen LogP contribution in [0, 0.1) is 0 Å². The van der Waals surface area contributed by atoms with Crippen LogP contribution >= 0.6 is 0 Å². The van der Waals surface area contributed by atoms with Gasteiger partial charge in [0.2, 0.25) is 6.29 Å². The second-order valence-electron chi connectivity index (χ2n) is 5.76. The predicted octanol–water partition coefficient (Wildman–Crippen LogP) is 2.71. The molecule has 1 aromatic carbocycles. The van der Waals surface area contributed by atoms with Gasteiger partial charge in [0, 0.05) is 12.5 Å². The third kappa shape index (κ3) is 3.33. The number of carbonyl (C=O) groups excluding carboxylic acids is 1. The molecule has 0 radical (unpaired) electrons. The largest absolute Gasteiger partial charge is 0.434 e. The molecular weight excluding hydrogens is 242 g/mol. The van der Waals surface area contributed by atoms with Crippen LogP contribution in [0.25, 0.3) is 0 Å². The summed E-state index contributed by atoms with van der Waals surface area (Å²) < 4.78 is 11.1. The van der Waals surface area contributed by atoms with Crippen LogP contribution in [0.5, 0.6) is 0 Å². The van der Waals surface area contributed by atoms with Crippen LogP contribution in [0.2, 0.25) is 0 Å². The molecule has 2 rings (SSSR count). The number of hydrogen-bond acceptors (Lipinski definition) is 4. The van der Waals surface area contributed by atoms with E-state index in [2.05, 4.69) is 25.7 Å².